The van der Waals surface area contributed by atoms with E-state index >= 15 is 0 Å². The van der Waals surface area contributed by atoms with Gasteiger partial charge in [-0.1, -0.05) is 42.8 Å². The summed E-state index contributed by atoms with van der Waals surface area (Å²) in [5.74, 6) is 0.191. The van der Waals surface area contributed by atoms with Gasteiger partial charge < -0.3 is 0 Å². The Morgan fingerprint density at radius 1 is 1.25 bits per heavy atom. The molecule has 0 saturated heterocycles. The van der Waals surface area contributed by atoms with Gasteiger partial charge in [0.2, 0.25) is 10.0 Å². The lowest BCUT2D eigenvalue weighted by Crippen LogP contribution is -2.49. The SMILES string of the molecule is Cc1ccc(S(=O)(=O)N2CC=C3C=C[C@H](C)[C@]32C)cc1. The van der Waals surface area contributed by atoms with Crippen LogP contribution < -0.4 is 0 Å². The first-order valence-electron chi connectivity index (χ1n) is 6.85. The van der Waals surface area contributed by atoms with Crippen LogP contribution in [0.3, 0.4) is 0 Å². The normalized spacial score (nSPS) is 29.6. The van der Waals surface area contributed by atoms with Crippen LogP contribution >= 0.6 is 0 Å². The maximum Gasteiger partial charge on any atom is 0.244 e. The summed E-state index contributed by atoms with van der Waals surface area (Å²) in [5, 5.41) is 0. The van der Waals surface area contributed by atoms with E-state index in [4.69, 9.17) is 0 Å². The van der Waals surface area contributed by atoms with Crippen molar-refractivity contribution in [2.24, 2.45) is 5.92 Å². The molecule has 2 atom stereocenters. The van der Waals surface area contributed by atoms with Crippen LogP contribution in [0.15, 0.2) is 53.0 Å². The van der Waals surface area contributed by atoms with Crippen LogP contribution in [-0.2, 0) is 10.0 Å². The molecule has 0 N–H and O–H groups in total. The molecule has 3 rings (SSSR count). The van der Waals surface area contributed by atoms with Crippen molar-refractivity contribution in [3.63, 3.8) is 0 Å². The molecule has 0 saturated carbocycles. The number of hydrogen-bond donors (Lipinski definition) is 0. The molecule has 0 unspecified atom stereocenters. The minimum atomic E-state index is -3.46. The molecule has 1 aliphatic carbocycles. The first-order valence-corrected chi connectivity index (χ1v) is 8.29. The molecule has 4 heteroatoms. The van der Waals surface area contributed by atoms with Crippen molar-refractivity contribution in [1.82, 2.24) is 4.31 Å². The molecular formula is C16H19NO2S. The van der Waals surface area contributed by atoms with Crippen LogP contribution in [0.5, 0.6) is 0 Å². The van der Waals surface area contributed by atoms with E-state index in [1.807, 2.05) is 32.1 Å². The smallest absolute Gasteiger partial charge is 0.207 e. The Bertz CT molecular complexity index is 700. The number of aryl methyl sites for hydroxylation is 1. The van der Waals surface area contributed by atoms with Gasteiger partial charge >= 0.3 is 0 Å². The fourth-order valence-corrected chi connectivity index (χ4v) is 4.85. The molecule has 1 aliphatic heterocycles. The van der Waals surface area contributed by atoms with E-state index in [1.165, 1.54) is 0 Å². The van der Waals surface area contributed by atoms with Crippen molar-refractivity contribution >= 4 is 10.0 Å². The van der Waals surface area contributed by atoms with Gasteiger partial charge in [0.05, 0.1) is 10.4 Å². The Morgan fingerprint density at radius 2 is 1.90 bits per heavy atom. The number of sulfonamides is 1. The molecular weight excluding hydrogens is 270 g/mol. The van der Waals surface area contributed by atoms with Crippen LogP contribution in [0.4, 0.5) is 0 Å². The van der Waals surface area contributed by atoms with Gasteiger partial charge in [-0.2, -0.15) is 4.31 Å². The van der Waals surface area contributed by atoms with Gasteiger partial charge in [0.25, 0.3) is 0 Å². The largest absolute Gasteiger partial charge is 0.244 e. The minimum absolute atomic E-state index is 0.191. The Kier molecular flexibility index (Phi) is 2.92. The van der Waals surface area contributed by atoms with E-state index in [-0.39, 0.29) is 5.92 Å². The average molecular weight is 289 g/mol. The second kappa shape index (κ2) is 4.30. The number of hydrogen-bond acceptors (Lipinski definition) is 2. The minimum Gasteiger partial charge on any atom is -0.207 e. The summed E-state index contributed by atoms with van der Waals surface area (Å²) in [5.41, 5.74) is 1.73. The highest BCUT2D eigenvalue weighted by Crippen LogP contribution is 2.45. The quantitative estimate of drug-likeness (QED) is 0.839. The molecule has 1 aromatic carbocycles. The molecule has 20 heavy (non-hydrogen) atoms. The highest BCUT2D eigenvalue weighted by molar-refractivity contribution is 7.89. The van der Waals surface area contributed by atoms with Gasteiger partial charge in [-0.25, -0.2) is 8.42 Å². The zero-order valence-electron chi connectivity index (χ0n) is 12.0. The Morgan fingerprint density at radius 3 is 2.55 bits per heavy atom. The highest BCUT2D eigenvalue weighted by atomic mass is 32.2. The van der Waals surface area contributed by atoms with Gasteiger partial charge in [0.15, 0.2) is 0 Å². The summed E-state index contributed by atoms with van der Waals surface area (Å²) in [6.45, 7) is 6.50. The first kappa shape index (κ1) is 13.6. The Hall–Kier alpha value is -1.39. The predicted molar refractivity (Wildman–Crippen MR) is 79.9 cm³/mol. The molecule has 0 bridgehead atoms. The molecule has 106 valence electrons. The lowest BCUT2D eigenvalue weighted by Gasteiger charge is -2.37. The van der Waals surface area contributed by atoms with Crippen LogP contribution in [0.1, 0.15) is 19.4 Å². The van der Waals surface area contributed by atoms with Gasteiger partial charge in [-0.05, 0) is 37.5 Å². The third-order valence-electron chi connectivity index (χ3n) is 4.64. The van der Waals surface area contributed by atoms with Crippen molar-refractivity contribution in [1.29, 1.82) is 0 Å². The molecule has 1 aromatic rings. The molecule has 0 aromatic heterocycles. The summed E-state index contributed by atoms with van der Waals surface area (Å²) >= 11 is 0. The maximum atomic E-state index is 12.9. The number of fused-ring (bicyclic) bond motifs is 1. The first-order chi connectivity index (χ1) is 9.36. The standard InChI is InChI=1S/C16H19NO2S/c1-12-4-8-15(9-5-12)20(18,19)17-11-10-14-7-6-13(2)16(14,17)3/h4-10,13H,11H2,1-3H3/t13-,16+/m0/s1. The molecule has 0 amide bonds. The second-order valence-corrected chi connectivity index (χ2v) is 7.67. The molecule has 1 heterocycles. The molecule has 2 aliphatic rings. The Balaban J connectivity index is 2.04. The summed E-state index contributed by atoms with van der Waals surface area (Å²) in [6.07, 6.45) is 6.16. The van der Waals surface area contributed by atoms with E-state index in [0.717, 1.165) is 11.1 Å². The van der Waals surface area contributed by atoms with E-state index in [9.17, 15) is 8.42 Å². The lowest BCUT2D eigenvalue weighted by molar-refractivity contribution is 0.248. The zero-order chi connectivity index (χ0) is 14.5. The molecule has 0 fully saturated rings. The fourth-order valence-electron chi connectivity index (χ4n) is 3.07. The van der Waals surface area contributed by atoms with Crippen LogP contribution in [-0.4, -0.2) is 24.8 Å². The monoisotopic (exact) mass is 289 g/mol. The summed E-state index contributed by atoms with van der Waals surface area (Å²) in [4.78, 5) is 0.373. The van der Waals surface area contributed by atoms with Crippen LogP contribution in [0, 0.1) is 12.8 Å². The maximum absolute atomic E-state index is 12.9. The van der Waals surface area contributed by atoms with E-state index < -0.39 is 15.6 Å². The van der Waals surface area contributed by atoms with Crippen molar-refractivity contribution in [3.05, 3.63) is 53.6 Å². The van der Waals surface area contributed by atoms with Crippen molar-refractivity contribution in [2.45, 2.75) is 31.2 Å². The van der Waals surface area contributed by atoms with E-state index in [2.05, 4.69) is 19.1 Å². The fraction of sp³-hybridized carbons (Fsp3) is 0.375. The number of nitrogens with zero attached hydrogens (tertiary/aromatic N) is 1. The van der Waals surface area contributed by atoms with Gasteiger partial charge in [0, 0.05) is 6.54 Å². The average Bonchev–Trinajstić information content (AvgIpc) is 2.87. The van der Waals surface area contributed by atoms with E-state index in [0.29, 0.717) is 11.4 Å². The van der Waals surface area contributed by atoms with Gasteiger partial charge in [-0.3, -0.25) is 0 Å². The topological polar surface area (TPSA) is 37.4 Å². The third kappa shape index (κ3) is 1.71. The van der Waals surface area contributed by atoms with Crippen LogP contribution in [0.25, 0.3) is 0 Å². The van der Waals surface area contributed by atoms with E-state index in [1.54, 1.807) is 16.4 Å². The number of rotatable bonds is 2. The summed E-state index contributed by atoms with van der Waals surface area (Å²) in [7, 11) is -3.46. The summed E-state index contributed by atoms with van der Waals surface area (Å²) < 4.78 is 27.4. The van der Waals surface area contributed by atoms with Crippen molar-refractivity contribution in [3.8, 4) is 0 Å². The van der Waals surface area contributed by atoms with Gasteiger partial charge in [0.1, 0.15) is 0 Å². The predicted octanol–water partition coefficient (Wildman–Crippen LogP) is 2.89. The third-order valence-corrected chi connectivity index (χ3v) is 6.62. The van der Waals surface area contributed by atoms with Crippen LogP contribution in [0.2, 0.25) is 0 Å². The van der Waals surface area contributed by atoms with Crippen molar-refractivity contribution < 1.29 is 8.42 Å². The molecule has 3 nitrogen and oxygen atoms in total. The molecule has 0 radical (unpaired) electrons. The Labute approximate surface area is 120 Å². The zero-order valence-corrected chi connectivity index (χ0v) is 12.8. The summed E-state index contributed by atoms with van der Waals surface area (Å²) in [6, 6.07) is 7.07. The van der Waals surface area contributed by atoms with Gasteiger partial charge in [-0.15, -0.1) is 0 Å². The lowest BCUT2D eigenvalue weighted by atomic mass is 9.88. The second-order valence-electron chi connectivity index (χ2n) is 5.80. The highest BCUT2D eigenvalue weighted by Gasteiger charge is 2.50. The molecule has 0 spiro atoms. The van der Waals surface area contributed by atoms with Crippen molar-refractivity contribution in [2.75, 3.05) is 6.54 Å². The number of benzene rings is 1.